The first-order chi connectivity index (χ1) is 8.65. The van der Waals surface area contributed by atoms with Crippen LogP contribution in [0.5, 0.6) is 0 Å². The van der Waals surface area contributed by atoms with Crippen molar-refractivity contribution in [3.05, 3.63) is 22.7 Å². The molecule has 18 heavy (non-hydrogen) atoms. The molecule has 0 aromatic heterocycles. The van der Waals surface area contributed by atoms with Gasteiger partial charge in [0.05, 0.1) is 24.6 Å². The molecule has 0 saturated heterocycles. The maximum Gasteiger partial charge on any atom is 0.0700 e. The summed E-state index contributed by atoms with van der Waals surface area (Å²) in [7, 11) is 3.71. The Morgan fingerprint density at radius 1 is 1.28 bits per heavy atom. The second-order valence-corrected chi connectivity index (χ2v) is 5.00. The molecule has 102 valence electrons. The van der Waals surface area contributed by atoms with Gasteiger partial charge in [-0.25, -0.2) is 0 Å². The summed E-state index contributed by atoms with van der Waals surface area (Å²) in [5, 5.41) is 0. The monoisotopic (exact) mass is 316 g/mol. The van der Waals surface area contributed by atoms with Gasteiger partial charge in [-0.05, 0) is 24.6 Å². The lowest BCUT2D eigenvalue weighted by Crippen LogP contribution is -2.21. The van der Waals surface area contributed by atoms with E-state index in [0.29, 0.717) is 13.2 Å². The average molecular weight is 317 g/mol. The minimum Gasteiger partial charge on any atom is -0.397 e. The van der Waals surface area contributed by atoms with E-state index in [0.717, 1.165) is 35.4 Å². The third-order valence-electron chi connectivity index (χ3n) is 2.61. The lowest BCUT2D eigenvalue weighted by molar-refractivity contribution is 0.0701. The van der Waals surface area contributed by atoms with Crippen LogP contribution >= 0.6 is 15.9 Å². The zero-order chi connectivity index (χ0) is 13.4. The fraction of sp³-hybridized carbons (Fsp3) is 0.538. The van der Waals surface area contributed by atoms with Gasteiger partial charge in [-0.15, -0.1) is 0 Å². The van der Waals surface area contributed by atoms with Crippen LogP contribution in [0.4, 0.5) is 11.4 Å². The third-order valence-corrected chi connectivity index (χ3v) is 3.11. The summed E-state index contributed by atoms with van der Waals surface area (Å²) in [5.74, 6) is 0. The normalized spacial score (nSPS) is 10.6. The number of hydrogen-bond donors (Lipinski definition) is 1. The van der Waals surface area contributed by atoms with Gasteiger partial charge in [0.25, 0.3) is 0 Å². The predicted octanol–water partition coefficient (Wildman–Crippen LogP) is 2.52. The van der Waals surface area contributed by atoms with Crippen LogP contribution in [-0.4, -0.2) is 40.5 Å². The number of nitrogens with zero attached hydrogens (tertiary/aromatic N) is 1. The van der Waals surface area contributed by atoms with E-state index in [1.165, 1.54) is 0 Å². The van der Waals surface area contributed by atoms with E-state index in [2.05, 4.69) is 20.8 Å². The molecule has 0 atom stereocenters. The zero-order valence-corrected chi connectivity index (χ0v) is 12.6. The minimum atomic E-state index is 0.648. The Morgan fingerprint density at radius 3 is 2.72 bits per heavy atom. The Morgan fingerprint density at radius 2 is 2.06 bits per heavy atom. The second kappa shape index (κ2) is 8.34. The van der Waals surface area contributed by atoms with Gasteiger partial charge in [-0.1, -0.05) is 15.9 Å². The van der Waals surface area contributed by atoms with Crippen molar-refractivity contribution >= 4 is 27.3 Å². The number of nitrogens with two attached hydrogens (primary N) is 1. The van der Waals surface area contributed by atoms with E-state index in [1.54, 1.807) is 7.11 Å². The summed E-state index contributed by atoms with van der Waals surface area (Å²) in [4.78, 5) is 2.14. The first-order valence-electron chi connectivity index (χ1n) is 5.98. The molecule has 2 N–H and O–H groups in total. The van der Waals surface area contributed by atoms with Crippen molar-refractivity contribution in [2.75, 3.05) is 51.2 Å². The van der Waals surface area contributed by atoms with E-state index in [-0.39, 0.29) is 0 Å². The number of anilines is 2. The maximum absolute atomic E-state index is 5.97. The van der Waals surface area contributed by atoms with Crippen LogP contribution in [0, 0.1) is 0 Å². The quantitative estimate of drug-likeness (QED) is 0.591. The van der Waals surface area contributed by atoms with Crippen LogP contribution < -0.4 is 10.6 Å². The first kappa shape index (κ1) is 15.3. The molecule has 0 spiro atoms. The van der Waals surface area contributed by atoms with Crippen molar-refractivity contribution in [2.45, 2.75) is 6.42 Å². The molecule has 0 aliphatic carbocycles. The number of rotatable bonds is 8. The largest absolute Gasteiger partial charge is 0.397 e. The molecular formula is C13H21BrN2O2. The SMILES string of the molecule is COCCOCCCN(C)c1ccc(Br)cc1N. The number of ether oxygens (including phenoxy) is 2. The Balaban J connectivity index is 2.29. The molecule has 0 heterocycles. The number of methoxy groups -OCH3 is 1. The molecule has 0 bridgehead atoms. The summed E-state index contributed by atoms with van der Waals surface area (Å²) in [6.07, 6.45) is 0.968. The van der Waals surface area contributed by atoms with Crippen LogP contribution in [0.15, 0.2) is 22.7 Å². The molecule has 5 heteroatoms. The van der Waals surface area contributed by atoms with Gasteiger partial charge >= 0.3 is 0 Å². The molecule has 1 aromatic rings. The fourth-order valence-electron chi connectivity index (χ4n) is 1.64. The second-order valence-electron chi connectivity index (χ2n) is 4.08. The molecule has 1 aromatic carbocycles. The van der Waals surface area contributed by atoms with E-state index in [9.17, 15) is 0 Å². The molecule has 4 nitrogen and oxygen atoms in total. The fourth-order valence-corrected chi connectivity index (χ4v) is 2.02. The number of benzene rings is 1. The third kappa shape index (κ3) is 5.25. The highest BCUT2D eigenvalue weighted by molar-refractivity contribution is 9.10. The van der Waals surface area contributed by atoms with Crippen LogP contribution in [0.1, 0.15) is 6.42 Å². The molecule has 0 unspecified atom stereocenters. The number of hydrogen-bond acceptors (Lipinski definition) is 4. The lowest BCUT2D eigenvalue weighted by atomic mass is 10.2. The van der Waals surface area contributed by atoms with E-state index in [4.69, 9.17) is 15.2 Å². The average Bonchev–Trinajstić information content (AvgIpc) is 2.33. The highest BCUT2D eigenvalue weighted by Crippen LogP contribution is 2.25. The number of halogens is 1. The van der Waals surface area contributed by atoms with Crippen molar-refractivity contribution in [1.29, 1.82) is 0 Å². The zero-order valence-electron chi connectivity index (χ0n) is 11.0. The predicted molar refractivity (Wildman–Crippen MR) is 79.1 cm³/mol. The molecule has 0 aliphatic rings. The lowest BCUT2D eigenvalue weighted by Gasteiger charge is -2.21. The highest BCUT2D eigenvalue weighted by atomic mass is 79.9. The van der Waals surface area contributed by atoms with E-state index in [1.807, 2.05) is 25.2 Å². The van der Waals surface area contributed by atoms with E-state index >= 15 is 0 Å². The highest BCUT2D eigenvalue weighted by Gasteiger charge is 2.05. The van der Waals surface area contributed by atoms with Crippen molar-refractivity contribution in [3.8, 4) is 0 Å². The molecule has 0 amide bonds. The molecular weight excluding hydrogens is 296 g/mol. The summed E-state index contributed by atoms with van der Waals surface area (Å²) < 4.78 is 11.3. The minimum absolute atomic E-state index is 0.648. The van der Waals surface area contributed by atoms with Crippen molar-refractivity contribution in [1.82, 2.24) is 0 Å². The topological polar surface area (TPSA) is 47.7 Å². The van der Waals surface area contributed by atoms with Crippen LogP contribution in [0.3, 0.4) is 0 Å². The van der Waals surface area contributed by atoms with Crippen LogP contribution in [0.2, 0.25) is 0 Å². The molecule has 0 radical (unpaired) electrons. The molecule has 0 fully saturated rings. The van der Waals surface area contributed by atoms with Crippen LogP contribution in [-0.2, 0) is 9.47 Å². The van der Waals surface area contributed by atoms with Crippen molar-refractivity contribution < 1.29 is 9.47 Å². The molecule has 1 rings (SSSR count). The van der Waals surface area contributed by atoms with Crippen molar-refractivity contribution in [3.63, 3.8) is 0 Å². The van der Waals surface area contributed by atoms with Crippen LogP contribution in [0.25, 0.3) is 0 Å². The maximum atomic E-state index is 5.97. The number of nitrogen functional groups attached to an aromatic ring is 1. The van der Waals surface area contributed by atoms with Gasteiger partial charge in [-0.2, -0.15) is 0 Å². The van der Waals surface area contributed by atoms with E-state index < -0.39 is 0 Å². The first-order valence-corrected chi connectivity index (χ1v) is 6.77. The van der Waals surface area contributed by atoms with Crippen molar-refractivity contribution in [2.24, 2.45) is 0 Å². The van der Waals surface area contributed by atoms with Gasteiger partial charge in [0.15, 0.2) is 0 Å². The summed E-state index contributed by atoms with van der Waals surface area (Å²) >= 11 is 3.40. The molecule has 0 saturated carbocycles. The summed E-state index contributed by atoms with van der Waals surface area (Å²) in [6, 6.07) is 5.93. The Kier molecular flexibility index (Phi) is 7.08. The van der Waals surface area contributed by atoms with Gasteiger partial charge in [-0.3, -0.25) is 0 Å². The summed E-state index contributed by atoms with van der Waals surface area (Å²) in [6.45, 7) is 2.96. The standard InChI is InChI=1S/C13H21BrN2O2/c1-16(6-3-7-18-9-8-17-2)13-5-4-11(14)10-12(13)15/h4-5,10H,3,6-9,15H2,1-2H3. The van der Waals surface area contributed by atoms with Gasteiger partial charge in [0, 0.05) is 31.8 Å². The Labute approximate surface area is 117 Å². The van der Waals surface area contributed by atoms with Gasteiger partial charge in [0.1, 0.15) is 0 Å². The molecule has 0 aliphatic heterocycles. The Bertz CT molecular complexity index is 361. The van der Waals surface area contributed by atoms with Gasteiger partial charge < -0.3 is 20.1 Å². The Hall–Kier alpha value is -0.780. The van der Waals surface area contributed by atoms with Gasteiger partial charge in [0.2, 0.25) is 0 Å². The smallest absolute Gasteiger partial charge is 0.0700 e. The summed E-state index contributed by atoms with van der Waals surface area (Å²) in [5.41, 5.74) is 7.81.